The third-order valence-corrected chi connectivity index (χ3v) is 5.84. The fourth-order valence-electron chi connectivity index (χ4n) is 2.65. The monoisotopic (exact) mass is 317 g/mol. The van der Waals surface area contributed by atoms with Crippen molar-refractivity contribution in [2.24, 2.45) is 0 Å². The number of hydrogen-bond acceptors (Lipinski definition) is 3. The van der Waals surface area contributed by atoms with Gasteiger partial charge < -0.3 is 4.74 Å². The molecule has 0 radical (unpaired) electrons. The molecule has 4 nitrogen and oxygen atoms in total. The molecule has 2 unspecified atom stereocenters. The first-order valence-corrected chi connectivity index (χ1v) is 8.71. The van der Waals surface area contributed by atoms with Gasteiger partial charge in [0.05, 0.1) is 11.0 Å². The van der Waals surface area contributed by atoms with Crippen molar-refractivity contribution in [3.8, 4) is 0 Å². The van der Waals surface area contributed by atoms with Gasteiger partial charge in [-0.15, -0.1) is 0 Å². The average molecular weight is 317 g/mol. The first-order chi connectivity index (χ1) is 10.5. The van der Waals surface area contributed by atoms with Gasteiger partial charge in [-0.1, -0.05) is 48.0 Å². The van der Waals surface area contributed by atoms with Crippen LogP contribution in [0.2, 0.25) is 0 Å². The lowest BCUT2D eigenvalue weighted by molar-refractivity contribution is 0.0344. The molecule has 5 heteroatoms. The van der Waals surface area contributed by atoms with E-state index in [1.807, 2.05) is 49.4 Å². The van der Waals surface area contributed by atoms with Crippen LogP contribution in [0, 0.1) is 6.92 Å². The molecule has 0 amide bonds. The molecule has 1 aliphatic heterocycles. The van der Waals surface area contributed by atoms with Crippen LogP contribution in [0.5, 0.6) is 0 Å². The molecule has 1 heterocycles. The SMILES string of the molecule is Cc1ccc(S(=O)(=O)N2CC(c3ccccc3)OC2C)cc1. The largest absolute Gasteiger partial charge is 0.353 e. The summed E-state index contributed by atoms with van der Waals surface area (Å²) >= 11 is 0. The van der Waals surface area contributed by atoms with E-state index in [9.17, 15) is 8.42 Å². The maximum absolute atomic E-state index is 12.8. The zero-order valence-electron chi connectivity index (χ0n) is 12.6. The molecular formula is C17H19NO3S. The van der Waals surface area contributed by atoms with Crippen LogP contribution in [-0.2, 0) is 14.8 Å². The second-order valence-corrected chi connectivity index (χ2v) is 7.41. The smallest absolute Gasteiger partial charge is 0.245 e. The topological polar surface area (TPSA) is 46.6 Å². The minimum atomic E-state index is -3.54. The van der Waals surface area contributed by atoms with Crippen molar-refractivity contribution in [2.45, 2.75) is 31.1 Å². The Kier molecular flexibility index (Phi) is 4.04. The van der Waals surface area contributed by atoms with Crippen LogP contribution in [0.1, 0.15) is 24.2 Å². The van der Waals surface area contributed by atoms with Crippen LogP contribution in [-0.4, -0.2) is 25.5 Å². The highest BCUT2D eigenvalue weighted by atomic mass is 32.2. The predicted octanol–water partition coefficient (Wildman–Crippen LogP) is 3.10. The van der Waals surface area contributed by atoms with Crippen molar-refractivity contribution in [1.82, 2.24) is 4.31 Å². The number of nitrogens with zero attached hydrogens (tertiary/aromatic N) is 1. The lowest BCUT2D eigenvalue weighted by Crippen LogP contribution is -2.34. The van der Waals surface area contributed by atoms with Crippen LogP contribution in [0.4, 0.5) is 0 Å². The van der Waals surface area contributed by atoms with Gasteiger partial charge in [0.1, 0.15) is 6.23 Å². The fourth-order valence-corrected chi connectivity index (χ4v) is 4.17. The second kappa shape index (κ2) is 5.83. The van der Waals surface area contributed by atoms with Crippen LogP contribution < -0.4 is 0 Å². The second-order valence-electron chi connectivity index (χ2n) is 5.52. The molecule has 1 fully saturated rings. The summed E-state index contributed by atoms with van der Waals surface area (Å²) < 4.78 is 32.8. The van der Waals surface area contributed by atoms with E-state index in [1.165, 1.54) is 4.31 Å². The zero-order valence-corrected chi connectivity index (χ0v) is 13.5. The highest BCUT2D eigenvalue weighted by molar-refractivity contribution is 7.89. The van der Waals surface area contributed by atoms with Gasteiger partial charge in [0.2, 0.25) is 10.0 Å². The molecule has 116 valence electrons. The van der Waals surface area contributed by atoms with Crippen molar-refractivity contribution in [3.63, 3.8) is 0 Å². The van der Waals surface area contributed by atoms with Gasteiger partial charge in [0, 0.05) is 6.54 Å². The average Bonchev–Trinajstić information content (AvgIpc) is 2.91. The van der Waals surface area contributed by atoms with Crippen molar-refractivity contribution < 1.29 is 13.2 Å². The Balaban J connectivity index is 1.87. The minimum Gasteiger partial charge on any atom is -0.353 e. The van der Waals surface area contributed by atoms with Crippen LogP contribution in [0.25, 0.3) is 0 Å². The van der Waals surface area contributed by atoms with Crippen molar-refractivity contribution in [3.05, 3.63) is 65.7 Å². The maximum Gasteiger partial charge on any atom is 0.245 e. The molecular weight excluding hydrogens is 298 g/mol. The lowest BCUT2D eigenvalue weighted by Gasteiger charge is -2.19. The van der Waals surface area contributed by atoms with E-state index in [0.717, 1.165) is 11.1 Å². The summed E-state index contributed by atoms with van der Waals surface area (Å²) in [5.74, 6) is 0. The molecule has 0 aromatic heterocycles. The molecule has 0 aliphatic carbocycles. The van der Waals surface area contributed by atoms with E-state index < -0.39 is 16.3 Å². The normalized spacial score (nSPS) is 22.8. The lowest BCUT2D eigenvalue weighted by atomic mass is 10.1. The number of sulfonamides is 1. The highest BCUT2D eigenvalue weighted by Crippen LogP contribution is 2.32. The predicted molar refractivity (Wildman–Crippen MR) is 84.8 cm³/mol. The molecule has 0 spiro atoms. The van der Waals surface area contributed by atoms with E-state index in [4.69, 9.17) is 4.74 Å². The van der Waals surface area contributed by atoms with Gasteiger partial charge in [-0.2, -0.15) is 4.31 Å². The first kappa shape index (κ1) is 15.2. The Labute approximate surface area is 131 Å². The first-order valence-electron chi connectivity index (χ1n) is 7.27. The summed E-state index contributed by atoms with van der Waals surface area (Å²) in [5.41, 5.74) is 2.03. The third-order valence-electron chi connectivity index (χ3n) is 3.91. The summed E-state index contributed by atoms with van der Waals surface area (Å²) in [6, 6.07) is 16.6. The number of rotatable bonds is 3. The Hall–Kier alpha value is -1.69. The molecule has 3 rings (SSSR count). The van der Waals surface area contributed by atoms with Gasteiger partial charge in [-0.3, -0.25) is 0 Å². The summed E-state index contributed by atoms with van der Waals surface area (Å²) in [4.78, 5) is 0.308. The molecule has 2 aromatic rings. The van der Waals surface area contributed by atoms with E-state index in [0.29, 0.717) is 11.4 Å². The van der Waals surface area contributed by atoms with Gasteiger partial charge in [0.15, 0.2) is 0 Å². The zero-order chi connectivity index (χ0) is 15.7. The minimum absolute atomic E-state index is 0.226. The molecule has 2 atom stereocenters. The quantitative estimate of drug-likeness (QED) is 0.874. The Bertz CT molecular complexity index is 741. The molecule has 1 aliphatic rings. The highest BCUT2D eigenvalue weighted by Gasteiger charge is 2.39. The standard InChI is InChI=1S/C17H19NO3S/c1-13-8-10-16(11-9-13)22(19,20)18-12-17(21-14(18)2)15-6-4-3-5-7-15/h3-11,14,17H,12H2,1-2H3. The van der Waals surface area contributed by atoms with Gasteiger partial charge in [-0.25, -0.2) is 8.42 Å². The Morgan fingerprint density at radius 1 is 1.05 bits per heavy atom. The molecule has 2 aromatic carbocycles. The molecule has 22 heavy (non-hydrogen) atoms. The van der Waals surface area contributed by atoms with Gasteiger partial charge in [0.25, 0.3) is 0 Å². The number of aryl methyl sites for hydroxylation is 1. The van der Waals surface area contributed by atoms with Crippen molar-refractivity contribution >= 4 is 10.0 Å². The summed E-state index contributed by atoms with van der Waals surface area (Å²) in [5, 5.41) is 0. The van der Waals surface area contributed by atoms with Crippen LogP contribution >= 0.6 is 0 Å². The number of benzene rings is 2. The third kappa shape index (κ3) is 2.79. The van der Waals surface area contributed by atoms with Crippen molar-refractivity contribution in [2.75, 3.05) is 6.54 Å². The summed E-state index contributed by atoms with van der Waals surface area (Å²) in [7, 11) is -3.54. The number of ether oxygens (including phenoxy) is 1. The van der Waals surface area contributed by atoms with E-state index in [-0.39, 0.29) is 6.10 Å². The van der Waals surface area contributed by atoms with Crippen LogP contribution in [0.15, 0.2) is 59.5 Å². The molecule has 0 N–H and O–H groups in total. The van der Waals surface area contributed by atoms with Gasteiger partial charge in [-0.05, 0) is 31.5 Å². The van der Waals surface area contributed by atoms with Crippen LogP contribution in [0.3, 0.4) is 0 Å². The Morgan fingerprint density at radius 2 is 1.68 bits per heavy atom. The van der Waals surface area contributed by atoms with E-state index >= 15 is 0 Å². The Morgan fingerprint density at radius 3 is 2.32 bits per heavy atom. The fraction of sp³-hybridized carbons (Fsp3) is 0.294. The molecule has 1 saturated heterocycles. The summed E-state index contributed by atoms with van der Waals surface area (Å²) in [6.45, 7) is 4.04. The van der Waals surface area contributed by atoms with E-state index in [1.54, 1.807) is 19.1 Å². The molecule has 0 saturated carbocycles. The summed E-state index contributed by atoms with van der Waals surface area (Å²) in [6.07, 6.45) is -0.701. The maximum atomic E-state index is 12.8. The number of hydrogen-bond donors (Lipinski definition) is 0. The van der Waals surface area contributed by atoms with Gasteiger partial charge >= 0.3 is 0 Å². The van der Waals surface area contributed by atoms with Crippen molar-refractivity contribution in [1.29, 1.82) is 0 Å². The molecule has 0 bridgehead atoms. The van der Waals surface area contributed by atoms with E-state index in [2.05, 4.69) is 0 Å².